The van der Waals surface area contributed by atoms with E-state index in [0.29, 0.717) is 0 Å². The molecule has 0 spiro atoms. The highest BCUT2D eigenvalue weighted by atomic mass is 16.7. The predicted octanol–water partition coefficient (Wildman–Crippen LogP) is 0.0921. The highest BCUT2D eigenvalue weighted by molar-refractivity contribution is 5.77. The summed E-state index contributed by atoms with van der Waals surface area (Å²) in [6.45, 7) is 6.58. The van der Waals surface area contributed by atoms with Crippen molar-refractivity contribution in [3.8, 4) is 0 Å². The maximum atomic E-state index is 12.0. The summed E-state index contributed by atoms with van der Waals surface area (Å²) in [6, 6.07) is -0.0896. The Hall–Kier alpha value is -0.690. The first-order chi connectivity index (χ1) is 8.90. The highest BCUT2D eigenvalue weighted by Gasteiger charge is 2.61. The minimum absolute atomic E-state index is 0.0278. The van der Waals surface area contributed by atoms with E-state index < -0.39 is 6.10 Å². The lowest BCUT2D eigenvalue weighted by Crippen LogP contribution is -2.41. The topological polar surface area (TPSA) is 68.2 Å². The van der Waals surface area contributed by atoms with E-state index in [1.54, 1.807) is 0 Å². The van der Waals surface area contributed by atoms with E-state index in [9.17, 15) is 9.90 Å². The Morgan fingerprint density at radius 1 is 1.47 bits per heavy atom. The van der Waals surface area contributed by atoms with Crippen LogP contribution in [0.3, 0.4) is 0 Å². The van der Waals surface area contributed by atoms with Crippen LogP contribution in [0.15, 0.2) is 0 Å². The third-order valence-corrected chi connectivity index (χ3v) is 3.92. The molecule has 0 aromatic carbocycles. The van der Waals surface area contributed by atoms with Crippen LogP contribution in [0.2, 0.25) is 0 Å². The first kappa shape index (κ1) is 13.3. The molecule has 0 aliphatic carbocycles. The predicted molar refractivity (Wildman–Crippen MR) is 65.1 cm³/mol. The van der Waals surface area contributed by atoms with Crippen LogP contribution >= 0.6 is 0 Å². The number of fused-ring (bicyclic) bond motifs is 3. The van der Waals surface area contributed by atoms with E-state index in [2.05, 4.69) is 0 Å². The molecule has 0 aromatic rings. The van der Waals surface area contributed by atoms with Gasteiger partial charge >= 0.3 is 5.97 Å². The summed E-state index contributed by atoms with van der Waals surface area (Å²) in [4.78, 5) is 17.8. The van der Waals surface area contributed by atoms with Crippen molar-refractivity contribution in [2.75, 3.05) is 13.2 Å². The maximum Gasteiger partial charge on any atom is 0.314 e. The molecule has 0 saturated carbocycles. The SMILES string of the molecule is CC(C)(C)O[C@H]1CCN2O[C@@H]3[C@@H](C(=O)O[C@@H]3CO)[C@H]12. The fourth-order valence-corrected chi connectivity index (χ4v) is 3.30. The molecule has 0 radical (unpaired) electrons. The lowest BCUT2D eigenvalue weighted by molar-refractivity contribution is -0.188. The summed E-state index contributed by atoms with van der Waals surface area (Å²) in [7, 11) is 0. The molecule has 6 nitrogen and oxygen atoms in total. The first-order valence-electron chi connectivity index (χ1n) is 6.83. The lowest BCUT2D eigenvalue weighted by Gasteiger charge is -2.29. The van der Waals surface area contributed by atoms with Crippen molar-refractivity contribution in [3.63, 3.8) is 0 Å². The number of carbonyl (C=O) groups is 1. The van der Waals surface area contributed by atoms with Crippen molar-refractivity contribution in [3.05, 3.63) is 0 Å². The quantitative estimate of drug-likeness (QED) is 0.718. The molecule has 3 aliphatic heterocycles. The van der Waals surface area contributed by atoms with E-state index >= 15 is 0 Å². The summed E-state index contributed by atoms with van der Waals surface area (Å²) >= 11 is 0. The van der Waals surface area contributed by atoms with Gasteiger partial charge in [0.2, 0.25) is 0 Å². The molecular weight excluding hydrogens is 250 g/mol. The molecule has 6 heteroatoms. The second-order valence-corrected chi connectivity index (χ2v) is 6.44. The Balaban J connectivity index is 1.79. The fourth-order valence-electron chi connectivity index (χ4n) is 3.30. The van der Waals surface area contributed by atoms with Gasteiger partial charge in [0.15, 0.2) is 6.10 Å². The van der Waals surface area contributed by atoms with Crippen LogP contribution in [0, 0.1) is 5.92 Å². The van der Waals surface area contributed by atoms with Gasteiger partial charge in [-0.3, -0.25) is 9.63 Å². The van der Waals surface area contributed by atoms with Crippen molar-refractivity contribution in [2.45, 2.75) is 57.1 Å². The number of hydrogen-bond acceptors (Lipinski definition) is 6. The summed E-state index contributed by atoms with van der Waals surface area (Å²) < 4.78 is 11.2. The minimum Gasteiger partial charge on any atom is -0.457 e. The average Bonchev–Trinajstić information content (AvgIpc) is 2.90. The smallest absolute Gasteiger partial charge is 0.314 e. The molecule has 0 aromatic heterocycles. The van der Waals surface area contributed by atoms with Gasteiger partial charge in [-0.1, -0.05) is 0 Å². The molecule has 108 valence electrons. The third kappa shape index (κ3) is 2.16. The number of carbonyl (C=O) groups excluding carboxylic acids is 1. The zero-order valence-electron chi connectivity index (χ0n) is 11.5. The first-order valence-corrected chi connectivity index (χ1v) is 6.83. The van der Waals surface area contributed by atoms with Gasteiger partial charge in [0.25, 0.3) is 0 Å². The number of hydroxylamine groups is 2. The number of aliphatic hydroxyl groups excluding tert-OH is 1. The third-order valence-electron chi connectivity index (χ3n) is 3.92. The Kier molecular flexibility index (Phi) is 3.09. The van der Waals surface area contributed by atoms with Crippen molar-refractivity contribution in [1.82, 2.24) is 5.06 Å². The van der Waals surface area contributed by atoms with Crippen LogP contribution in [0.25, 0.3) is 0 Å². The van der Waals surface area contributed by atoms with E-state index in [0.717, 1.165) is 13.0 Å². The van der Waals surface area contributed by atoms with Crippen LogP contribution in [0.4, 0.5) is 0 Å². The maximum absolute atomic E-state index is 12.0. The fraction of sp³-hybridized carbons (Fsp3) is 0.923. The van der Waals surface area contributed by atoms with Gasteiger partial charge in [-0.25, -0.2) is 0 Å². The van der Waals surface area contributed by atoms with Crippen molar-refractivity contribution in [2.24, 2.45) is 5.92 Å². The van der Waals surface area contributed by atoms with Crippen LogP contribution in [0.1, 0.15) is 27.2 Å². The number of aliphatic hydroxyl groups is 1. The summed E-state index contributed by atoms with van der Waals surface area (Å²) in [6.07, 6.45) is -0.0883. The van der Waals surface area contributed by atoms with Crippen LogP contribution < -0.4 is 0 Å². The number of ether oxygens (including phenoxy) is 2. The number of nitrogens with zero attached hydrogens (tertiary/aromatic N) is 1. The Morgan fingerprint density at radius 3 is 2.84 bits per heavy atom. The van der Waals surface area contributed by atoms with Crippen molar-refractivity contribution in [1.29, 1.82) is 0 Å². The molecule has 3 fully saturated rings. The summed E-state index contributed by atoms with van der Waals surface area (Å²) in [5, 5.41) is 11.1. The lowest BCUT2D eigenvalue weighted by atomic mass is 9.91. The van der Waals surface area contributed by atoms with Crippen LogP contribution in [-0.2, 0) is 19.1 Å². The molecule has 1 N–H and O–H groups in total. The van der Waals surface area contributed by atoms with E-state index in [1.165, 1.54) is 0 Å². The normalized spacial score (nSPS) is 42.3. The van der Waals surface area contributed by atoms with Gasteiger partial charge in [0.1, 0.15) is 12.0 Å². The molecule has 19 heavy (non-hydrogen) atoms. The number of cyclic esters (lactones) is 1. The average molecular weight is 271 g/mol. The number of rotatable bonds is 2. The molecule has 5 atom stereocenters. The van der Waals surface area contributed by atoms with Gasteiger partial charge < -0.3 is 14.6 Å². The molecule has 0 bridgehead atoms. The summed E-state index contributed by atoms with van der Waals surface area (Å²) in [5.41, 5.74) is -0.252. The molecule has 3 aliphatic rings. The second-order valence-electron chi connectivity index (χ2n) is 6.44. The zero-order valence-corrected chi connectivity index (χ0v) is 11.5. The Bertz CT molecular complexity index is 380. The minimum atomic E-state index is -0.543. The Labute approximate surface area is 112 Å². The van der Waals surface area contributed by atoms with Crippen molar-refractivity contribution < 1.29 is 24.2 Å². The van der Waals surface area contributed by atoms with Gasteiger partial charge in [0.05, 0.1) is 24.4 Å². The second kappa shape index (κ2) is 4.41. The Morgan fingerprint density at radius 2 is 2.21 bits per heavy atom. The van der Waals surface area contributed by atoms with Crippen LogP contribution in [0.5, 0.6) is 0 Å². The largest absolute Gasteiger partial charge is 0.457 e. The highest BCUT2D eigenvalue weighted by Crippen LogP contribution is 2.43. The van der Waals surface area contributed by atoms with Crippen LogP contribution in [-0.4, -0.2) is 59.2 Å². The molecule has 3 rings (SSSR count). The molecule has 0 unspecified atom stereocenters. The van der Waals surface area contributed by atoms with E-state index in [-0.39, 0.29) is 42.3 Å². The van der Waals surface area contributed by atoms with Gasteiger partial charge in [-0.05, 0) is 27.2 Å². The summed E-state index contributed by atoms with van der Waals surface area (Å²) in [5.74, 6) is -0.618. The monoisotopic (exact) mass is 271 g/mol. The molecule has 3 saturated heterocycles. The van der Waals surface area contributed by atoms with Gasteiger partial charge in [0, 0.05) is 6.54 Å². The molecule has 3 heterocycles. The van der Waals surface area contributed by atoms with Gasteiger partial charge in [-0.2, -0.15) is 5.06 Å². The number of hydrogen-bond donors (Lipinski definition) is 1. The number of esters is 1. The van der Waals surface area contributed by atoms with Crippen molar-refractivity contribution >= 4 is 5.97 Å². The molecule has 0 amide bonds. The van der Waals surface area contributed by atoms with Gasteiger partial charge in [-0.15, -0.1) is 0 Å². The van der Waals surface area contributed by atoms with E-state index in [4.69, 9.17) is 14.3 Å². The zero-order chi connectivity index (χ0) is 13.8. The molecular formula is C13H21NO5. The standard InChI is InChI=1S/C13H21NO5/c1-13(2,3)18-7-4-5-14-10(7)9-11(19-14)8(6-15)17-12(9)16/h7-11,15H,4-6H2,1-3H3/t7-,8+,9-,10-,11-/m0/s1. The van der Waals surface area contributed by atoms with E-state index in [1.807, 2.05) is 25.8 Å².